The van der Waals surface area contributed by atoms with Crippen molar-refractivity contribution in [2.75, 3.05) is 37.7 Å². The molecule has 31 heavy (non-hydrogen) atoms. The van der Waals surface area contributed by atoms with Crippen molar-refractivity contribution < 1.29 is 32.3 Å². The first-order valence-electron chi connectivity index (χ1n) is 9.42. The third-order valence-electron chi connectivity index (χ3n) is 4.90. The smallest absolute Gasteiger partial charge is 0.416 e. The molecule has 1 fully saturated rings. The fraction of sp³-hybridized carbons (Fsp3) is 0.286. The lowest BCUT2D eigenvalue weighted by atomic mass is 10.1. The number of hydrogen-bond acceptors (Lipinski definition) is 5. The molecule has 7 nitrogen and oxygen atoms in total. The number of anilines is 1. The number of carbonyl (C=O) groups excluding carboxylic acids is 3. The van der Waals surface area contributed by atoms with E-state index in [-0.39, 0.29) is 11.1 Å². The number of nitrogens with zero attached hydrogens (tertiary/aromatic N) is 2. The summed E-state index contributed by atoms with van der Waals surface area (Å²) in [5, 5.41) is 0. The van der Waals surface area contributed by atoms with Crippen LogP contribution in [0.1, 0.15) is 26.3 Å². The highest BCUT2D eigenvalue weighted by Gasteiger charge is 2.31. The molecule has 1 aliphatic rings. The Hall–Kier alpha value is -3.56. The largest absolute Gasteiger partial charge is 0.452 e. The minimum absolute atomic E-state index is 0.173. The van der Waals surface area contributed by atoms with E-state index in [2.05, 4.69) is 0 Å². The number of nitrogens with two attached hydrogens (primary N) is 1. The summed E-state index contributed by atoms with van der Waals surface area (Å²) in [5.74, 6) is -1.74. The number of benzene rings is 2. The number of ether oxygens (including phenoxy) is 1. The van der Waals surface area contributed by atoms with E-state index < -0.39 is 36.1 Å². The highest BCUT2D eigenvalue weighted by molar-refractivity contribution is 5.95. The highest BCUT2D eigenvalue weighted by Crippen LogP contribution is 2.31. The summed E-state index contributed by atoms with van der Waals surface area (Å²) >= 11 is 0. The Bertz CT molecular complexity index is 969. The number of halogens is 3. The standard InChI is InChI=1S/C21H20F3N3O4/c22-21(23,24)16-2-1-3-17(12-16)26-8-10-27(11-9-26)18(28)13-31-20(30)15-6-4-14(5-7-15)19(25)29/h1-7,12H,8-11,13H2,(H2,25,29). The topological polar surface area (TPSA) is 92.9 Å². The number of esters is 1. The van der Waals surface area contributed by atoms with Crippen LogP contribution < -0.4 is 10.6 Å². The average molecular weight is 435 g/mol. The molecule has 0 spiro atoms. The van der Waals surface area contributed by atoms with Gasteiger partial charge in [0.15, 0.2) is 6.61 Å². The molecule has 2 N–H and O–H groups in total. The first-order chi connectivity index (χ1) is 14.6. The van der Waals surface area contributed by atoms with Crippen LogP contribution in [-0.2, 0) is 15.7 Å². The van der Waals surface area contributed by atoms with Crippen molar-refractivity contribution in [3.63, 3.8) is 0 Å². The number of rotatable bonds is 5. The van der Waals surface area contributed by atoms with Crippen LogP contribution in [0.2, 0.25) is 0 Å². The Morgan fingerprint density at radius 2 is 1.55 bits per heavy atom. The van der Waals surface area contributed by atoms with E-state index in [1.165, 1.54) is 35.2 Å². The van der Waals surface area contributed by atoms with Gasteiger partial charge < -0.3 is 20.3 Å². The van der Waals surface area contributed by atoms with Crippen molar-refractivity contribution in [3.8, 4) is 0 Å². The van der Waals surface area contributed by atoms with Crippen molar-refractivity contribution in [1.29, 1.82) is 0 Å². The van der Waals surface area contributed by atoms with Gasteiger partial charge in [-0.2, -0.15) is 13.2 Å². The van der Waals surface area contributed by atoms with Gasteiger partial charge in [0, 0.05) is 37.4 Å². The third kappa shape index (κ3) is 5.53. The van der Waals surface area contributed by atoms with Crippen molar-refractivity contribution >= 4 is 23.5 Å². The number of piperazine rings is 1. The van der Waals surface area contributed by atoms with Gasteiger partial charge in [-0.1, -0.05) is 6.07 Å². The SMILES string of the molecule is NC(=O)c1ccc(C(=O)OCC(=O)N2CCN(c3cccc(C(F)(F)F)c3)CC2)cc1. The summed E-state index contributed by atoms with van der Waals surface area (Å²) < 4.78 is 43.7. The van der Waals surface area contributed by atoms with Gasteiger partial charge in [-0.05, 0) is 42.5 Å². The number of alkyl halides is 3. The van der Waals surface area contributed by atoms with Crippen LogP contribution in [-0.4, -0.2) is 55.5 Å². The zero-order valence-electron chi connectivity index (χ0n) is 16.4. The zero-order chi connectivity index (χ0) is 22.6. The fourth-order valence-electron chi connectivity index (χ4n) is 3.17. The predicted molar refractivity (Wildman–Crippen MR) is 105 cm³/mol. The van der Waals surface area contributed by atoms with Gasteiger partial charge in [0.1, 0.15) is 0 Å². The van der Waals surface area contributed by atoms with Gasteiger partial charge in [-0.15, -0.1) is 0 Å². The van der Waals surface area contributed by atoms with Crippen LogP contribution in [0.4, 0.5) is 18.9 Å². The van der Waals surface area contributed by atoms with E-state index in [9.17, 15) is 27.6 Å². The molecular formula is C21H20F3N3O4. The summed E-state index contributed by atoms with van der Waals surface area (Å²) in [4.78, 5) is 38.7. The fourth-order valence-corrected chi connectivity index (χ4v) is 3.17. The Balaban J connectivity index is 1.50. The van der Waals surface area contributed by atoms with Crippen LogP contribution in [0.3, 0.4) is 0 Å². The lowest BCUT2D eigenvalue weighted by Crippen LogP contribution is -2.50. The Labute approximate surface area is 176 Å². The van der Waals surface area contributed by atoms with Gasteiger partial charge in [0.2, 0.25) is 5.91 Å². The number of amides is 2. The van der Waals surface area contributed by atoms with Crippen molar-refractivity contribution in [2.45, 2.75) is 6.18 Å². The van der Waals surface area contributed by atoms with Crippen molar-refractivity contribution in [1.82, 2.24) is 4.90 Å². The maximum atomic E-state index is 12.9. The zero-order valence-corrected chi connectivity index (χ0v) is 16.4. The lowest BCUT2D eigenvalue weighted by Gasteiger charge is -2.36. The second-order valence-electron chi connectivity index (χ2n) is 6.93. The summed E-state index contributed by atoms with van der Waals surface area (Å²) in [7, 11) is 0. The molecule has 1 aliphatic heterocycles. The number of carbonyl (C=O) groups is 3. The first-order valence-corrected chi connectivity index (χ1v) is 9.42. The number of primary amides is 1. The second-order valence-corrected chi connectivity index (χ2v) is 6.93. The molecule has 0 radical (unpaired) electrons. The Morgan fingerprint density at radius 3 is 2.13 bits per heavy atom. The van der Waals surface area contributed by atoms with E-state index in [0.717, 1.165) is 12.1 Å². The van der Waals surface area contributed by atoms with Gasteiger partial charge in [-0.3, -0.25) is 9.59 Å². The molecule has 0 bridgehead atoms. The van der Waals surface area contributed by atoms with Crippen LogP contribution in [0, 0.1) is 0 Å². The molecule has 2 aromatic carbocycles. The molecule has 0 aliphatic carbocycles. The van der Waals surface area contributed by atoms with Crippen LogP contribution in [0.25, 0.3) is 0 Å². The predicted octanol–water partition coefficient (Wildman–Crippen LogP) is 2.31. The number of hydrogen-bond donors (Lipinski definition) is 1. The van der Waals surface area contributed by atoms with E-state index in [1.54, 1.807) is 11.0 Å². The molecule has 0 atom stereocenters. The minimum atomic E-state index is -4.42. The van der Waals surface area contributed by atoms with Gasteiger partial charge in [-0.25, -0.2) is 4.79 Å². The highest BCUT2D eigenvalue weighted by atomic mass is 19.4. The summed E-state index contributed by atoms with van der Waals surface area (Å²) in [5.41, 5.74) is 5.27. The molecule has 2 aromatic rings. The lowest BCUT2D eigenvalue weighted by molar-refractivity contribution is -0.137. The quantitative estimate of drug-likeness (QED) is 0.728. The molecular weight excluding hydrogens is 415 g/mol. The van der Waals surface area contributed by atoms with Crippen LogP contribution in [0.15, 0.2) is 48.5 Å². The molecule has 0 aromatic heterocycles. The maximum absolute atomic E-state index is 12.9. The average Bonchev–Trinajstić information content (AvgIpc) is 2.77. The Kier molecular flexibility index (Phi) is 6.47. The van der Waals surface area contributed by atoms with Crippen molar-refractivity contribution in [3.05, 3.63) is 65.2 Å². The van der Waals surface area contributed by atoms with Gasteiger partial charge in [0.05, 0.1) is 11.1 Å². The minimum Gasteiger partial charge on any atom is -0.452 e. The molecule has 2 amide bonds. The first kappa shape index (κ1) is 22.1. The third-order valence-corrected chi connectivity index (χ3v) is 4.90. The van der Waals surface area contributed by atoms with Crippen LogP contribution >= 0.6 is 0 Å². The van der Waals surface area contributed by atoms with Gasteiger partial charge >= 0.3 is 12.1 Å². The molecule has 0 unspecified atom stereocenters. The molecule has 1 heterocycles. The van der Waals surface area contributed by atoms with Crippen LogP contribution in [0.5, 0.6) is 0 Å². The summed E-state index contributed by atoms with van der Waals surface area (Å²) in [6, 6.07) is 10.6. The maximum Gasteiger partial charge on any atom is 0.416 e. The molecule has 10 heteroatoms. The Morgan fingerprint density at radius 1 is 0.935 bits per heavy atom. The molecule has 3 rings (SSSR count). The van der Waals surface area contributed by atoms with E-state index >= 15 is 0 Å². The molecule has 0 saturated carbocycles. The van der Waals surface area contributed by atoms with Crippen molar-refractivity contribution in [2.24, 2.45) is 5.73 Å². The van der Waals surface area contributed by atoms with E-state index in [0.29, 0.717) is 31.9 Å². The second kappa shape index (κ2) is 9.07. The molecule has 1 saturated heterocycles. The van der Waals surface area contributed by atoms with Gasteiger partial charge in [0.25, 0.3) is 5.91 Å². The summed E-state index contributed by atoms with van der Waals surface area (Å²) in [6.45, 7) is 0.838. The van der Waals surface area contributed by atoms with E-state index in [1.807, 2.05) is 0 Å². The summed E-state index contributed by atoms with van der Waals surface area (Å²) in [6.07, 6.45) is -4.42. The molecule has 164 valence electrons. The normalized spacial score (nSPS) is 14.3. The monoisotopic (exact) mass is 435 g/mol. The van der Waals surface area contributed by atoms with E-state index in [4.69, 9.17) is 10.5 Å².